The fourth-order valence-electron chi connectivity index (χ4n) is 4.21. The van der Waals surface area contributed by atoms with E-state index in [-0.39, 0.29) is 5.56 Å². The van der Waals surface area contributed by atoms with Crippen LogP contribution >= 0.6 is 39.1 Å². The zero-order chi connectivity index (χ0) is 23.3. The van der Waals surface area contributed by atoms with Crippen LogP contribution in [0.2, 0.25) is 10.0 Å². The molecule has 1 heterocycles. The Bertz CT molecular complexity index is 1410. The quantitative estimate of drug-likeness (QED) is 0.254. The monoisotopic (exact) mass is 543 g/mol. The molecule has 0 bridgehead atoms. The van der Waals surface area contributed by atoms with Crippen LogP contribution in [-0.2, 0) is 6.42 Å². The van der Waals surface area contributed by atoms with E-state index in [1.54, 1.807) is 6.07 Å². The number of rotatable bonds is 6. The molecule has 1 saturated carbocycles. The second kappa shape index (κ2) is 8.71. The van der Waals surface area contributed by atoms with Crippen LogP contribution in [0.15, 0.2) is 57.4 Å². The third kappa shape index (κ3) is 4.25. The lowest BCUT2D eigenvalue weighted by molar-refractivity contribution is 0.0699. The molecule has 1 fully saturated rings. The molecule has 0 amide bonds. The molecule has 0 saturated heterocycles. The molecule has 0 radical (unpaired) electrons. The number of halogens is 3. The number of benzene rings is 3. The highest BCUT2D eigenvalue weighted by Crippen LogP contribution is 2.47. The van der Waals surface area contributed by atoms with Crippen molar-refractivity contribution < 1.29 is 14.3 Å². The molecule has 4 aromatic rings. The number of furan rings is 1. The topological polar surface area (TPSA) is 62.5 Å². The molecular formula is C26H20BrCl2NO3. The highest BCUT2D eigenvalue weighted by Gasteiger charge is 2.30. The molecule has 33 heavy (non-hydrogen) atoms. The lowest BCUT2D eigenvalue weighted by Gasteiger charge is -2.13. The van der Waals surface area contributed by atoms with Gasteiger partial charge < -0.3 is 14.8 Å². The summed E-state index contributed by atoms with van der Waals surface area (Å²) in [6, 6.07) is 15.0. The third-order valence-electron chi connectivity index (χ3n) is 5.98. The van der Waals surface area contributed by atoms with Gasteiger partial charge in [-0.2, -0.15) is 0 Å². The predicted octanol–water partition coefficient (Wildman–Crippen LogP) is 9.05. The van der Waals surface area contributed by atoms with Gasteiger partial charge in [0.15, 0.2) is 0 Å². The molecule has 7 heteroatoms. The molecule has 0 spiro atoms. The van der Waals surface area contributed by atoms with E-state index in [0.717, 1.165) is 45.4 Å². The Kier molecular flexibility index (Phi) is 5.89. The van der Waals surface area contributed by atoms with Gasteiger partial charge in [0.2, 0.25) is 0 Å². The van der Waals surface area contributed by atoms with Crippen LogP contribution in [0.25, 0.3) is 22.3 Å². The lowest BCUT2D eigenvalue weighted by Crippen LogP contribution is -2.00. The van der Waals surface area contributed by atoms with E-state index in [2.05, 4.69) is 21.2 Å². The van der Waals surface area contributed by atoms with Gasteiger partial charge in [0.25, 0.3) is 0 Å². The zero-order valence-corrected chi connectivity index (χ0v) is 20.8. The number of fused-ring (bicyclic) bond motifs is 1. The Balaban J connectivity index is 1.69. The summed E-state index contributed by atoms with van der Waals surface area (Å²) in [5.74, 6) is -0.260. The normalized spacial score (nSPS) is 13.5. The van der Waals surface area contributed by atoms with E-state index >= 15 is 0 Å². The number of hydrogen-bond acceptors (Lipinski definition) is 3. The van der Waals surface area contributed by atoms with E-state index < -0.39 is 5.97 Å². The van der Waals surface area contributed by atoms with Gasteiger partial charge >= 0.3 is 5.97 Å². The van der Waals surface area contributed by atoms with Crippen LogP contribution in [-0.4, -0.2) is 11.1 Å². The van der Waals surface area contributed by atoms with Crippen LogP contribution in [0.4, 0.5) is 11.4 Å². The number of carbonyl (C=O) groups is 1. The molecule has 0 unspecified atom stereocenters. The summed E-state index contributed by atoms with van der Waals surface area (Å²) in [5.41, 5.74) is 5.22. The number of aryl methyl sites for hydroxylation is 1. The second-order valence-corrected chi connectivity index (χ2v) is 9.93. The van der Waals surface area contributed by atoms with Crippen molar-refractivity contribution in [3.8, 4) is 11.3 Å². The van der Waals surface area contributed by atoms with E-state index in [0.29, 0.717) is 39.1 Å². The van der Waals surface area contributed by atoms with E-state index in [4.69, 9.17) is 27.6 Å². The average Bonchev–Trinajstić information content (AvgIpc) is 3.56. The van der Waals surface area contributed by atoms with Crippen molar-refractivity contribution in [1.29, 1.82) is 0 Å². The molecule has 1 aliphatic carbocycles. The van der Waals surface area contributed by atoms with Gasteiger partial charge in [0.05, 0.1) is 5.02 Å². The Morgan fingerprint density at radius 2 is 1.94 bits per heavy atom. The Morgan fingerprint density at radius 1 is 1.15 bits per heavy atom. The summed E-state index contributed by atoms with van der Waals surface area (Å²) in [7, 11) is 0. The summed E-state index contributed by atoms with van der Waals surface area (Å²) < 4.78 is 7.03. The number of aromatic carboxylic acids is 1. The van der Waals surface area contributed by atoms with E-state index in [1.165, 1.54) is 0 Å². The molecule has 0 atom stereocenters. The summed E-state index contributed by atoms with van der Waals surface area (Å²) >= 11 is 15.9. The van der Waals surface area contributed by atoms with Crippen LogP contribution in [0.1, 0.15) is 47.2 Å². The van der Waals surface area contributed by atoms with Crippen molar-refractivity contribution in [2.75, 3.05) is 5.32 Å². The molecule has 5 rings (SSSR count). The number of hydrogen-bond donors (Lipinski definition) is 2. The molecule has 3 aromatic carbocycles. The molecule has 168 valence electrons. The van der Waals surface area contributed by atoms with Gasteiger partial charge in [-0.1, -0.05) is 30.1 Å². The van der Waals surface area contributed by atoms with Crippen molar-refractivity contribution in [2.24, 2.45) is 0 Å². The molecule has 1 aromatic heterocycles. The first-order valence-corrected chi connectivity index (χ1v) is 12.2. The number of anilines is 2. The summed E-state index contributed by atoms with van der Waals surface area (Å²) in [6.45, 7) is 2.01. The van der Waals surface area contributed by atoms with E-state index in [1.807, 2.05) is 49.4 Å². The molecule has 0 aliphatic heterocycles. The summed E-state index contributed by atoms with van der Waals surface area (Å²) in [5, 5.41) is 15.4. The highest BCUT2D eigenvalue weighted by molar-refractivity contribution is 9.10. The van der Waals surface area contributed by atoms with Gasteiger partial charge in [0, 0.05) is 37.9 Å². The minimum absolute atomic E-state index is 0.183. The minimum Gasteiger partial charge on any atom is -0.478 e. The van der Waals surface area contributed by atoms with Crippen LogP contribution < -0.4 is 5.32 Å². The van der Waals surface area contributed by atoms with Crippen molar-refractivity contribution in [3.63, 3.8) is 0 Å². The molecule has 2 N–H and O–H groups in total. The average molecular weight is 545 g/mol. The highest BCUT2D eigenvalue weighted by atomic mass is 79.9. The van der Waals surface area contributed by atoms with Gasteiger partial charge in [-0.05, 0) is 94.7 Å². The molecule has 1 aliphatic rings. The van der Waals surface area contributed by atoms with E-state index in [9.17, 15) is 9.90 Å². The SMILES string of the molecule is CCc1cc(Cl)ccc1-c1oc2cc(Nc3ccc(Br)c(Cl)c3)c(C3CC3)cc2c1C(=O)O. The second-order valence-electron chi connectivity index (χ2n) is 8.23. The Hall–Kier alpha value is -2.47. The number of carboxylic acids is 1. The minimum atomic E-state index is -1.01. The van der Waals surface area contributed by atoms with Crippen LogP contribution in [0, 0.1) is 0 Å². The zero-order valence-electron chi connectivity index (χ0n) is 17.7. The lowest BCUT2D eigenvalue weighted by atomic mass is 9.98. The molecule has 4 nitrogen and oxygen atoms in total. The Morgan fingerprint density at radius 3 is 2.61 bits per heavy atom. The first-order chi connectivity index (χ1) is 15.9. The van der Waals surface area contributed by atoms with Crippen LogP contribution in [0.5, 0.6) is 0 Å². The first-order valence-electron chi connectivity index (χ1n) is 10.7. The van der Waals surface area contributed by atoms with Crippen molar-refractivity contribution in [1.82, 2.24) is 0 Å². The fraction of sp³-hybridized carbons (Fsp3) is 0.192. The largest absolute Gasteiger partial charge is 0.478 e. The summed E-state index contributed by atoms with van der Waals surface area (Å²) in [6.07, 6.45) is 2.85. The maximum atomic E-state index is 12.4. The number of nitrogens with one attached hydrogen (secondary N) is 1. The standard InChI is InChI=1S/C26H20BrCl2NO3/c1-2-13-9-15(28)5-7-17(13)25-24(26(31)32)19-11-18(14-3-4-14)22(12-23(19)33-25)30-16-6-8-20(27)21(29)10-16/h5-12,14,30H,2-4H2,1H3,(H,31,32). The fourth-order valence-corrected chi connectivity index (χ4v) is 4.83. The van der Waals surface area contributed by atoms with Gasteiger partial charge in [-0.25, -0.2) is 4.79 Å². The van der Waals surface area contributed by atoms with Gasteiger partial charge in [0.1, 0.15) is 16.9 Å². The first kappa shape index (κ1) is 22.3. The summed E-state index contributed by atoms with van der Waals surface area (Å²) in [4.78, 5) is 12.4. The number of carboxylic acid groups (broad SMARTS) is 1. The van der Waals surface area contributed by atoms with Crippen molar-refractivity contribution in [3.05, 3.63) is 79.7 Å². The van der Waals surface area contributed by atoms with Crippen molar-refractivity contribution >= 4 is 67.4 Å². The Labute approximate surface area is 209 Å². The molecular weight excluding hydrogens is 525 g/mol. The smallest absolute Gasteiger partial charge is 0.340 e. The van der Waals surface area contributed by atoms with Gasteiger partial charge in [-0.3, -0.25) is 0 Å². The van der Waals surface area contributed by atoms with Crippen LogP contribution in [0.3, 0.4) is 0 Å². The van der Waals surface area contributed by atoms with Crippen molar-refractivity contribution in [2.45, 2.75) is 32.1 Å². The maximum Gasteiger partial charge on any atom is 0.340 e. The van der Waals surface area contributed by atoms with Gasteiger partial charge in [-0.15, -0.1) is 0 Å². The predicted molar refractivity (Wildman–Crippen MR) is 137 cm³/mol. The maximum absolute atomic E-state index is 12.4. The third-order valence-corrected chi connectivity index (χ3v) is 7.45.